The highest BCUT2D eigenvalue weighted by molar-refractivity contribution is 5.09. The molecule has 4 heteroatoms. The standard InChI is InChI=1S/C14H27N3O/c1-5-13-10-14(17(6-2)16-13)11-18-9-7-8-15-12(3)4/h10,12,15H,5-9,11H2,1-4H3. The van der Waals surface area contributed by atoms with E-state index < -0.39 is 0 Å². The van der Waals surface area contributed by atoms with Gasteiger partial charge in [0.2, 0.25) is 0 Å². The van der Waals surface area contributed by atoms with Crippen LogP contribution in [0.2, 0.25) is 0 Å². The highest BCUT2D eigenvalue weighted by Crippen LogP contribution is 2.07. The van der Waals surface area contributed by atoms with E-state index in [9.17, 15) is 0 Å². The quantitative estimate of drug-likeness (QED) is 0.687. The van der Waals surface area contributed by atoms with Crippen molar-refractivity contribution in [1.29, 1.82) is 0 Å². The van der Waals surface area contributed by atoms with Gasteiger partial charge >= 0.3 is 0 Å². The number of aryl methyl sites for hydroxylation is 2. The van der Waals surface area contributed by atoms with Crippen LogP contribution in [0.15, 0.2) is 6.07 Å². The molecule has 0 radical (unpaired) electrons. The second-order valence-corrected chi connectivity index (χ2v) is 4.81. The van der Waals surface area contributed by atoms with E-state index in [2.05, 4.69) is 44.2 Å². The topological polar surface area (TPSA) is 39.1 Å². The van der Waals surface area contributed by atoms with Crippen LogP contribution in [0.3, 0.4) is 0 Å². The van der Waals surface area contributed by atoms with Crippen LogP contribution < -0.4 is 5.32 Å². The molecular weight excluding hydrogens is 226 g/mol. The first-order chi connectivity index (χ1) is 8.67. The maximum Gasteiger partial charge on any atom is 0.0884 e. The third-order valence-corrected chi connectivity index (χ3v) is 2.84. The van der Waals surface area contributed by atoms with Crippen molar-refractivity contribution in [2.24, 2.45) is 0 Å². The zero-order chi connectivity index (χ0) is 13.4. The number of nitrogens with zero attached hydrogens (tertiary/aromatic N) is 2. The van der Waals surface area contributed by atoms with E-state index in [4.69, 9.17) is 4.74 Å². The Balaban J connectivity index is 2.24. The average molecular weight is 253 g/mol. The van der Waals surface area contributed by atoms with Gasteiger partial charge in [-0.3, -0.25) is 4.68 Å². The Labute approximate surface area is 111 Å². The summed E-state index contributed by atoms with van der Waals surface area (Å²) in [5, 5.41) is 7.89. The Bertz CT molecular complexity index is 334. The lowest BCUT2D eigenvalue weighted by Gasteiger charge is -2.08. The van der Waals surface area contributed by atoms with Crippen LogP contribution in [-0.4, -0.2) is 29.0 Å². The molecule has 0 aromatic carbocycles. The minimum absolute atomic E-state index is 0.554. The van der Waals surface area contributed by atoms with Gasteiger partial charge in [0.25, 0.3) is 0 Å². The van der Waals surface area contributed by atoms with Gasteiger partial charge in [-0.2, -0.15) is 5.10 Å². The minimum atomic E-state index is 0.554. The molecule has 0 atom stereocenters. The van der Waals surface area contributed by atoms with Crippen molar-refractivity contribution in [2.45, 2.75) is 59.7 Å². The maximum atomic E-state index is 5.70. The highest BCUT2D eigenvalue weighted by Gasteiger charge is 2.05. The summed E-state index contributed by atoms with van der Waals surface area (Å²) in [5.41, 5.74) is 2.34. The summed E-state index contributed by atoms with van der Waals surface area (Å²) in [6, 6.07) is 2.70. The van der Waals surface area contributed by atoms with Crippen molar-refractivity contribution in [3.63, 3.8) is 0 Å². The van der Waals surface area contributed by atoms with Crippen molar-refractivity contribution >= 4 is 0 Å². The number of aromatic nitrogens is 2. The molecule has 1 aromatic rings. The van der Waals surface area contributed by atoms with E-state index >= 15 is 0 Å². The summed E-state index contributed by atoms with van der Waals surface area (Å²) < 4.78 is 7.73. The number of rotatable bonds is 9. The van der Waals surface area contributed by atoms with Gasteiger partial charge in [0.15, 0.2) is 0 Å². The Hall–Kier alpha value is -0.870. The number of ether oxygens (including phenoxy) is 1. The lowest BCUT2D eigenvalue weighted by Crippen LogP contribution is -2.24. The Kier molecular flexibility index (Phi) is 6.98. The summed E-state index contributed by atoms with van der Waals surface area (Å²) in [6.45, 7) is 12.0. The largest absolute Gasteiger partial charge is 0.375 e. The molecule has 1 N–H and O–H groups in total. The molecule has 0 aliphatic rings. The van der Waals surface area contributed by atoms with Crippen molar-refractivity contribution in [3.8, 4) is 0 Å². The number of hydrogen-bond acceptors (Lipinski definition) is 3. The maximum absolute atomic E-state index is 5.70. The Morgan fingerprint density at radius 3 is 2.78 bits per heavy atom. The summed E-state index contributed by atoms with van der Waals surface area (Å²) in [6.07, 6.45) is 2.04. The minimum Gasteiger partial charge on any atom is -0.375 e. The molecule has 0 unspecified atom stereocenters. The number of hydrogen-bond donors (Lipinski definition) is 1. The summed E-state index contributed by atoms with van der Waals surface area (Å²) in [5.74, 6) is 0. The second kappa shape index (κ2) is 8.27. The predicted octanol–water partition coefficient (Wildman–Crippen LogP) is 2.37. The van der Waals surface area contributed by atoms with Gasteiger partial charge in [-0.05, 0) is 32.4 Å². The zero-order valence-corrected chi connectivity index (χ0v) is 12.2. The monoisotopic (exact) mass is 253 g/mol. The normalized spacial score (nSPS) is 11.4. The van der Waals surface area contributed by atoms with Gasteiger partial charge in [-0.1, -0.05) is 20.8 Å². The first-order valence-electron chi connectivity index (χ1n) is 7.04. The Morgan fingerprint density at radius 1 is 1.39 bits per heavy atom. The van der Waals surface area contributed by atoms with Crippen molar-refractivity contribution < 1.29 is 4.74 Å². The molecule has 0 amide bonds. The van der Waals surface area contributed by atoms with E-state index in [1.54, 1.807) is 0 Å². The summed E-state index contributed by atoms with van der Waals surface area (Å²) >= 11 is 0. The molecule has 0 spiro atoms. The van der Waals surface area contributed by atoms with Gasteiger partial charge in [-0.15, -0.1) is 0 Å². The molecule has 0 aliphatic carbocycles. The molecule has 0 saturated carbocycles. The summed E-state index contributed by atoms with van der Waals surface area (Å²) in [4.78, 5) is 0. The number of nitrogens with one attached hydrogen (secondary N) is 1. The molecule has 18 heavy (non-hydrogen) atoms. The second-order valence-electron chi connectivity index (χ2n) is 4.81. The van der Waals surface area contributed by atoms with E-state index in [1.165, 1.54) is 5.69 Å². The lowest BCUT2D eigenvalue weighted by atomic mass is 10.3. The SMILES string of the molecule is CCc1cc(COCCCNC(C)C)n(CC)n1. The summed E-state index contributed by atoms with van der Waals surface area (Å²) in [7, 11) is 0. The molecule has 0 aliphatic heterocycles. The van der Waals surface area contributed by atoms with Crippen molar-refractivity contribution in [3.05, 3.63) is 17.5 Å². The van der Waals surface area contributed by atoms with Gasteiger partial charge in [0.05, 0.1) is 18.0 Å². The highest BCUT2D eigenvalue weighted by atomic mass is 16.5. The fourth-order valence-corrected chi connectivity index (χ4v) is 1.82. The van der Waals surface area contributed by atoms with Crippen molar-refractivity contribution in [2.75, 3.05) is 13.2 Å². The molecule has 104 valence electrons. The molecule has 1 rings (SSSR count). The molecular formula is C14H27N3O. The molecule has 0 fully saturated rings. The van der Waals surface area contributed by atoms with Crippen LogP contribution in [0, 0.1) is 0 Å². The lowest BCUT2D eigenvalue weighted by molar-refractivity contribution is 0.112. The van der Waals surface area contributed by atoms with E-state index in [0.29, 0.717) is 12.6 Å². The van der Waals surface area contributed by atoms with E-state index in [1.807, 2.05) is 4.68 Å². The van der Waals surface area contributed by atoms with Crippen LogP contribution >= 0.6 is 0 Å². The van der Waals surface area contributed by atoms with Gasteiger partial charge in [0, 0.05) is 19.2 Å². The van der Waals surface area contributed by atoms with E-state index in [-0.39, 0.29) is 0 Å². The molecule has 0 bridgehead atoms. The van der Waals surface area contributed by atoms with Crippen molar-refractivity contribution in [1.82, 2.24) is 15.1 Å². The average Bonchev–Trinajstić information content (AvgIpc) is 2.75. The predicted molar refractivity (Wildman–Crippen MR) is 74.7 cm³/mol. The zero-order valence-electron chi connectivity index (χ0n) is 12.2. The third-order valence-electron chi connectivity index (χ3n) is 2.84. The van der Waals surface area contributed by atoms with E-state index in [0.717, 1.165) is 38.2 Å². The van der Waals surface area contributed by atoms with Crippen LogP contribution in [0.1, 0.15) is 45.5 Å². The molecule has 1 heterocycles. The van der Waals surface area contributed by atoms with Gasteiger partial charge < -0.3 is 10.1 Å². The fourth-order valence-electron chi connectivity index (χ4n) is 1.82. The molecule has 0 saturated heterocycles. The third kappa shape index (κ3) is 5.19. The van der Waals surface area contributed by atoms with Gasteiger partial charge in [0.1, 0.15) is 0 Å². The first kappa shape index (κ1) is 15.2. The molecule has 4 nitrogen and oxygen atoms in total. The van der Waals surface area contributed by atoms with Crippen LogP contribution in [0.4, 0.5) is 0 Å². The first-order valence-corrected chi connectivity index (χ1v) is 7.04. The van der Waals surface area contributed by atoms with Crippen LogP contribution in [-0.2, 0) is 24.3 Å². The van der Waals surface area contributed by atoms with Crippen LogP contribution in [0.25, 0.3) is 0 Å². The Morgan fingerprint density at radius 2 is 2.17 bits per heavy atom. The van der Waals surface area contributed by atoms with Gasteiger partial charge in [-0.25, -0.2) is 0 Å². The van der Waals surface area contributed by atoms with Crippen LogP contribution in [0.5, 0.6) is 0 Å². The smallest absolute Gasteiger partial charge is 0.0884 e. The fraction of sp³-hybridized carbons (Fsp3) is 0.786. The molecule has 1 aromatic heterocycles.